The van der Waals surface area contributed by atoms with Gasteiger partial charge in [-0.05, 0) is 68.5 Å². The van der Waals surface area contributed by atoms with Crippen LogP contribution in [0, 0.1) is 12.3 Å². The van der Waals surface area contributed by atoms with Crippen LogP contribution in [0.15, 0.2) is 41.1 Å². The van der Waals surface area contributed by atoms with Crippen molar-refractivity contribution in [3.63, 3.8) is 0 Å². The number of piperidine rings is 1. The predicted octanol–water partition coefficient (Wildman–Crippen LogP) is 3.57. The molecular formula is C21H28N2O3. The van der Waals surface area contributed by atoms with Crippen molar-refractivity contribution in [1.29, 1.82) is 0 Å². The van der Waals surface area contributed by atoms with Crippen LogP contribution >= 0.6 is 0 Å². The van der Waals surface area contributed by atoms with Gasteiger partial charge in [-0.15, -0.1) is 0 Å². The maximum absolute atomic E-state index is 6.06. The lowest BCUT2D eigenvalue weighted by molar-refractivity contribution is 0.00618. The Morgan fingerprint density at radius 3 is 2.88 bits per heavy atom. The van der Waals surface area contributed by atoms with Gasteiger partial charge in [0.05, 0.1) is 32.5 Å². The first-order valence-corrected chi connectivity index (χ1v) is 9.57. The van der Waals surface area contributed by atoms with Gasteiger partial charge >= 0.3 is 0 Å². The molecule has 0 N–H and O–H groups in total. The summed E-state index contributed by atoms with van der Waals surface area (Å²) >= 11 is 0. The van der Waals surface area contributed by atoms with E-state index >= 15 is 0 Å². The summed E-state index contributed by atoms with van der Waals surface area (Å²) in [7, 11) is 0. The molecule has 5 nitrogen and oxygen atoms in total. The van der Waals surface area contributed by atoms with Gasteiger partial charge in [-0.2, -0.15) is 0 Å². The quantitative estimate of drug-likeness (QED) is 0.792. The first kappa shape index (κ1) is 17.7. The number of hydrogen-bond acceptors (Lipinski definition) is 5. The molecule has 5 heteroatoms. The van der Waals surface area contributed by atoms with Crippen LogP contribution in [0.25, 0.3) is 0 Å². The number of furan rings is 1. The zero-order valence-electron chi connectivity index (χ0n) is 15.5. The van der Waals surface area contributed by atoms with E-state index < -0.39 is 0 Å². The normalized spacial score (nSPS) is 22.9. The number of pyridine rings is 1. The zero-order chi connectivity index (χ0) is 17.8. The van der Waals surface area contributed by atoms with Gasteiger partial charge in [-0.3, -0.25) is 9.88 Å². The molecule has 2 aromatic heterocycles. The molecule has 1 spiro atoms. The van der Waals surface area contributed by atoms with Crippen molar-refractivity contribution in [3.8, 4) is 0 Å². The summed E-state index contributed by atoms with van der Waals surface area (Å²) < 4.78 is 17.6. The van der Waals surface area contributed by atoms with Crippen LogP contribution in [0.1, 0.15) is 36.3 Å². The molecule has 0 bridgehead atoms. The average Bonchev–Trinajstić information content (AvgIpc) is 3.25. The third-order valence-corrected chi connectivity index (χ3v) is 5.67. The maximum Gasteiger partial charge on any atom is 0.118 e. The van der Waals surface area contributed by atoms with E-state index in [0.29, 0.717) is 18.6 Å². The third-order valence-electron chi connectivity index (χ3n) is 5.67. The van der Waals surface area contributed by atoms with Crippen molar-refractivity contribution in [2.45, 2.75) is 45.4 Å². The van der Waals surface area contributed by atoms with Gasteiger partial charge in [0.15, 0.2) is 0 Å². The van der Waals surface area contributed by atoms with Crippen LogP contribution in [0.4, 0.5) is 0 Å². The number of nitrogens with zero attached hydrogens (tertiary/aromatic N) is 2. The molecule has 4 heterocycles. The van der Waals surface area contributed by atoms with E-state index in [9.17, 15) is 0 Å². The summed E-state index contributed by atoms with van der Waals surface area (Å²) in [6.07, 6.45) is 7.39. The maximum atomic E-state index is 6.06. The first-order valence-electron chi connectivity index (χ1n) is 9.57. The van der Waals surface area contributed by atoms with Crippen LogP contribution < -0.4 is 0 Å². The Bertz CT molecular complexity index is 692. The Kier molecular flexibility index (Phi) is 5.38. The fraction of sp³-hybridized carbons (Fsp3) is 0.571. The molecule has 26 heavy (non-hydrogen) atoms. The Labute approximate surface area is 155 Å². The topological polar surface area (TPSA) is 47.7 Å². The summed E-state index contributed by atoms with van der Waals surface area (Å²) in [5, 5.41) is 0. The van der Waals surface area contributed by atoms with Gasteiger partial charge in [0.25, 0.3) is 0 Å². The molecule has 140 valence electrons. The van der Waals surface area contributed by atoms with Gasteiger partial charge in [-0.1, -0.05) is 6.07 Å². The highest BCUT2D eigenvalue weighted by atomic mass is 16.5. The molecule has 2 aliphatic rings. The zero-order valence-corrected chi connectivity index (χ0v) is 15.5. The minimum Gasteiger partial charge on any atom is -0.465 e. The van der Waals surface area contributed by atoms with Crippen molar-refractivity contribution < 1.29 is 13.9 Å². The van der Waals surface area contributed by atoms with Crippen molar-refractivity contribution in [2.75, 3.05) is 26.3 Å². The van der Waals surface area contributed by atoms with E-state index in [4.69, 9.17) is 13.9 Å². The van der Waals surface area contributed by atoms with E-state index in [-0.39, 0.29) is 6.10 Å². The van der Waals surface area contributed by atoms with E-state index in [0.717, 1.165) is 49.7 Å². The summed E-state index contributed by atoms with van der Waals surface area (Å²) in [5.74, 6) is 2.06. The number of rotatable bonds is 6. The number of ether oxygens (including phenoxy) is 2. The fourth-order valence-electron chi connectivity index (χ4n) is 4.12. The van der Waals surface area contributed by atoms with Crippen molar-refractivity contribution in [3.05, 3.63) is 53.7 Å². The highest BCUT2D eigenvalue weighted by molar-refractivity contribution is 5.07. The van der Waals surface area contributed by atoms with Gasteiger partial charge in [0, 0.05) is 12.4 Å². The first-order chi connectivity index (χ1) is 12.7. The summed E-state index contributed by atoms with van der Waals surface area (Å²) in [4.78, 5) is 6.61. The fourth-order valence-corrected chi connectivity index (χ4v) is 4.12. The standard InChI is InChI=1S/C21H28N2O3/c1-17-4-5-19(26-17)13-23-9-6-21(7-10-23)11-20(25-16-21)15-24-14-18-3-2-8-22-12-18/h2-5,8,12,20H,6-7,9-11,13-16H2,1H3/t20-/m1/s1. The lowest BCUT2D eigenvalue weighted by Gasteiger charge is -2.38. The average molecular weight is 356 g/mol. The second-order valence-electron chi connectivity index (χ2n) is 7.80. The largest absolute Gasteiger partial charge is 0.465 e. The lowest BCUT2D eigenvalue weighted by atomic mass is 9.76. The minimum absolute atomic E-state index is 0.228. The summed E-state index contributed by atoms with van der Waals surface area (Å²) in [6.45, 7) is 7.31. The molecule has 0 radical (unpaired) electrons. The molecular weight excluding hydrogens is 328 g/mol. The molecule has 4 rings (SSSR count). The van der Waals surface area contributed by atoms with Crippen molar-refractivity contribution >= 4 is 0 Å². The van der Waals surface area contributed by atoms with Gasteiger partial charge in [0.2, 0.25) is 0 Å². The second kappa shape index (κ2) is 7.91. The predicted molar refractivity (Wildman–Crippen MR) is 98.6 cm³/mol. The van der Waals surface area contributed by atoms with Crippen LogP contribution in [-0.4, -0.2) is 42.3 Å². The molecule has 1 atom stereocenters. The third kappa shape index (κ3) is 4.34. The molecule has 2 aromatic rings. The molecule has 0 unspecified atom stereocenters. The van der Waals surface area contributed by atoms with E-state index in [1.807, 2.05) is 31.3 Å². The minimum atomic E-state index is 0.228. The monoisotopic (exact) mass is 356 g/mol. The van der Waals surface area contributed by atoms with E-state index in [2.05, 4.69) is 16.0 Å². The molecule has 2 fully saturated rings. The number of aryl methyl sites for hydroxylation is 1. The molecule has 2 saturated heterocycles. The van der Waals surface area contributed by atoms with Crippen LogP contribution in [-0.2, 0) is 22.6 Å². The van der Waals surface area contributed by atoms with E-state index in [1.54, 1.807) is 6.20 Å². The van der Waals surface area contributed by atoms with Crippen molar-refractivity contribution in [1.82, 2.24) is 9.88 Å². The summed E-state index contributed by atoms with van der Waals surface area (Å²) in [6, 6.07) is 8.12. The Morgan fingerprint density at radius 1 is 1.27 bits per heavy atom. The highest BCUT2D eigenvalue weighted by Gasteiger charge is 2.42. The number of aromatic nitrogens is 1. The smallest absolute Gasteiger partial charge is 0.118 e. The molecule has 0 saturated carbocycles. The second-order valence-corrected chi connectivity index (χ2v) is 7.80. The van der Waals surface area contributed by atoms with Crippen LogP contribution in [0.5, 0.6) is 0 Å². The molecule has 0 amide bonds. The molecule has 0 aromatic carbocycles. The lowest BCUT2D eigenvalue weighted by Crippen LogP contribution is -2.40. The molecule has 2 aliphatic heterocycles. The van der Waals surface area contributed by atoms with Crippen molar-refractivity contribution in [2.24, 2.45) is 5.41 Å². The Balaban J connectivity index is 1.20. The summed E-state index contributed by atoms with van der Waals surface area (Å²) in [5.41, 5.74) is 1.46. The van der Waals surface area contributed by atoms with Gasteiger partial charge in [-0.25, -0.2) is 0 Å². The van der Waals surface area contributed by atoms with Gasteiger partial charge in [0.1, 0.15) is 11.5 Å². The van der Waals surface area contributed by atoms with E-state index in [1.165, 1.54) is 12.8 Å². The SMILES string of the molecule is Cc1ccc(CN2CCC3(CC2)CO[C@@H](COCc2cccnc2)C3)o1. The van der Waals surface area contributed by atoms with Crippen LogP contribution in [0.2, 0.25) is 0 Å². The Morgan fingerprint density at radius 2 is 2.15 bits per heavy atom. The van der Waals surface area contributed by atoms with Crippen LogP contribution in [0.3, 0.4) is 0 Å². The number of hydrogen-bond donors (Lipinski definition) is 0. The molecule has 0 aliphatic carbocycles. The van der Waals surface area contributed by atoms with Gasteiger partial charge < -0.3 is 13.9 Å². The highest BCUT2D eigenvalue weighted by Crippen LogP contribution is 2.42. The Hall–Kier alpha value is -1.69. The number of likely N-dealkylation sites (tertiary alicyclic amines) is 1.